The molecule has 0 amide bonds. The third-order valence-electron chi connectivity index (χ3n) is 2.55. The molecule has 0 spiro atoms. The first-order valence-electron chi connectivity index (χ1n) is 5.41. The molecule has 0 aliphatic rings. The van der Waals surface area contributed by atoms with Crippen molar-refractivity contribution in [2.45, 2.75) is 6.42 Å². The van der Waals surface area contributed by atoms with Gasteiger partial charge in [-0.05, 0) is 31.3 Å². The minimum absolute atomic E-state index is 0.00640. The van der Waals surface area contributed by atoms with Crippen molar-refractivity contribution in [1.82, 2.24) is 4.90 Å². The molecule has 9 heteroatoms. The number of hydrogen-bond acceptors (Lipinski definition) is 4. The zero-order chi connectivity index (χ0) is 15.3. The van der Waals surface area contributed by atoms with Gasteiger partial charge in [-0.15, -0.1) is 0 Å². The molecule has 0 saturated carbocycles. The fraction of sp³-hybridized carbons (Fsp3) is 0.273. The van der Waals surface area contributed by atoms with Gasteiger partial charge in [0.05, 0.1) is 5.56 Å². The molecule has 0 aromatic heterocycles. The molecular weight excluding hydrogens is 284 g/mol. The number of azide groups is 1. The molecule has 0 aliphatic carbocycles. The second-order valence-corrected chi connectivity index (χ2v) is 4.94. The molecule has 0 heterocycles. The lowest BCUT2D eigenvalue weighted by Gasteiger charge is -2.13. The highest BCUT2D eigenvalue weighted by Gasteiger charge is 2.17. The van der Waals surface area contributed by atoms with E-state index in [1.807, 2.05) is 0 Å². The highest BCUT2D eigenvalue weighted by atomic mass is 32.2. The van der Waals surface area contributed by atoms with Crippen molar-refractivity contribution in [3.05, 3.63) is 39.8 Å². The van der Waals surface area contributed by atoms with E-state index in [1.165, 1.54) is 37.2 Å². The molecule has 1 aromatic rings. The van der Waals surface area contributed by atoms with Gasteiger partial charge in [-0.2, -0.15) is 8.42 Å². The van der Waals surface area contributed by atoms with Crippen molar-refractivity contribution in [2.75, 3.05) is 14.1 Å². The summed E-state index contributed by atoms with van der Waals surface area (Å²) in [7, 11) is 0.556. The van der Waals surface area contributed by atoms with Crippen LogP contribution in [0.1, 0.15) is 15.9 Å². The average Bonchev–Trinajstić information content (AvgIpc) is 2.36. The van der Waals surface area contributed by atoms with Gasteiger partial charge in [-0.3, -0.25) is 4.90 Å². The largest absolute Gasteiger partial charge is 0.478 e. The molecule has 0 aliphatic heterocycles. The quantitative estimate of drug-likeness (QED) is 0.389. The van der Waals surface area contributed by atoms with Crippen LogP contribution in [0.3, 0.4) is 0 Å². The summed E-state index contributed by atoms with van der Waals surface area (Å²) in [5, 5.41) is 12.5. The minimum atomic E-state index is -2.50. The molecule has 0 atom stereocenters. The lowest BCUT2D eigenvalue weighted by molar-refractivity contribution is 0.0696. The summed E-state index contributed by atoms with van der Waals surface area (Å²) in [5.74, 6) is -1.22. The number of benzene rings is 1. The molecular formula is C11H12N4O4S. The third-order valence-corrected chi connectivity index (χ3v) is 3.45. The van der Waals surface area contributed by atoms with Crippen molar-refractivity contribution < 1.29 is 18.3 Å². The zero-order valence-electron chi connectivity index (χ0n) is 10.8. The molecule has 0 radical (unpaired) electrons. The number of aromatic carboxylic acids is 1. The van der Waals surface area contributed by atoms with Gasteiger partial charge in [-0.1, -0.05) is 17.2 Å². The number of carboxylic acid groups (broad SMARTS) is 1. The topological polar surface area (TPSA) is 123 Å². The summed E-state index contributed by atoms with van der Waals surface area (Å²) in [6, 6.07) is 4.19. The maximum absolute atomic E-state index is 11.2. The second kappa shape index (κ2) is 6.71. The maximum Gasteiger partial charge on any atom is 0.335 e. The molecule has 0 unspecified atom stereocenters. The Bertz CT molecular complexity index is 690. The number of rotatable bonds is 4. The number of hydrogen-bond donors (Lipinski definition) is 1. The van der Waals surface area contributed by atoms with Crippen LogP contribution < -0.4 is 0 Å². The Kier molecular flexibility index (Phi) is 5.27. The van der Waals surface area contributed by atoms with Gasteiger partial charge in [0.1, 0.15) is 4.99 Å². The van der Waals surface area contributed by atoms with Gasteiger partial charge < -0.3 is 5.11 Å². The molecule has 106 valence electrons. The molecule has 1 N–H and O–H groups in total. The van der Waals surface area contributed by atoms with Crippen LogP contribution in [0, 0.1) is 0 Å². The fourth-order valence-corrected chi connectivity index (χ4v) is 2.18. The monoisotopic (exact) mass is 296 g/mol. The van der Waals surface area contributed by atoms with Crippen molar-refractivity contribution in [3.8, 4) is 0 Å². The van der Waals surface area contributed by atoms with Gasteiger partial charge in [0, 0.05) is 17.0 Å². The normalized spacial score (nSPS) is 9.95. The Morgan fingerprint density at radius 3 is 2.55 bits per heavy atom. The first-order valence-corrected chi connectivity index (χ1v) is 6.48. The maximum atomic E-state index is 11.2. The van der Waals surface area contributed by atoms with Crippen LogP contribution in [0.5, 0.6) is 0 Å². The molecule has 0 bridgehead atoms. The predicted octanol–water partition coefficient (Wildman–Crippen LogP) is 1.44. The van der Waals surface area contributed by atoms with Crippen LogP contribution in [0.15, 0.2) is 23.3 Å². The average molecular weight is 296 g/mol. The van der Waals surface area contributed by atoms with Gasteiger partial charge in [0.2, 0.25) is 10.3 Å². The van der Waals surface area contributed by atoms with E-state index in [4.69, 9.17) is 10.6 Å². The molecule has 0 fully saturated rings. The van der Waals surface area contributed by atoms with Gasteiger partial charge >= 0.3 is 5.97 Å². The van der Waals surface area contributed by atoms with Crippen molar-refractivity contribution in [3.63, 3.8) is 0 Å². The van der Waals surface area contributed by atoms with E-state index in [-0.39, 0.29) is 28.2 Å². The molecule has 1 aromatic carbocycles. The Morgan fingerprint density at radius 1 is 1.45 bits per heavy atom. The standard InChI is InChI=1S/C11H12N4O4S/c1-15(2)10(20(18)19)6-8-7(11(16)17)4-3-5-9(8)13-14-12/h3-5H,6H2,1-2H3,(H,16,17). The van der Waals surface area contributed by atoms with Crippen LogP contribution in [0.4, 0.5) is 5.69 Å². The first-order chi connectivity index (χ1) is 9.38. The smallest absolute Gasteiger partial charge is 0.335 e. The fourth-order valence-electron chi connectivity index (χ4n) is 1.62. The van der Waals surface area contributed by atoms with Crippen LogP contribution in [0.25, 0.3) is 10.4 Å². The van der Waals surface area contributed by atoms with Crippen molar-refractivity contribution in [2.24, 2.45) is 5.11 Å². The van der Waals surface area contributed by atoms with E-state index in [1.54, 1.807) is 0 Å². The number of carbonyl (C=O) groups is 1. The number of likely N-dealkylation sites (N-methyl/N-ethyl adjacent to an activating group) is 1. The molecule has 1 rings (SSSR count). The molecule has 8 nitrogen and oxygen atoms in total. The van der Waals surface area contributed by atoms with Crippen LogP contribution in [0.2, 0.25) is 0 Å². The lowest BCUT2D eigenvalue weighted by Crippen LogP contribution is -2.25. The zero-order valence-corrected chi connectivity index (χ0v) is 11.6. The second-order valence-electron chi connectivity index (χ2n) is 4.00. The number of nitrogens with zero attached hydrogens (tertiary/aromatic N) is 4. The Morgan fingerprint density at radius 2 is 2.10 bits per heavy atom. The third kappa shape index (κ3) is 3.58. The Labute approximate surface area is 116 Å². The molecule has 0 saturated heterocycles. The Balaban J connectivity index is 3.53. The minimum Gasteiger partial charge on any atom is -0.478 e. The highest BCUT2D eigenvalue weighted by molar-refractivity contribution is 7.72. The van der Waals surface area contributed by atoms with Gasteiger partial charge in [0.25, 0.3) is 0 Å². The van der Waals surface area contributed by atoms with E-state index in [9.17, 15) is 13.2 Å². The van der Waals surface area contributed by atoms with Crippen molar-refractivity contribution >= 4 is 26.9 Å². The van der Waals surface area contributed by atoms with E-state index >= 15 is 0 Å². The summed E-state index contributed by atoms with van der Waals surface area (Å²) in [6.07, 6.45) is -0.167. The number of carboxylic acids is 1. The van der Waals surface area contributed by atoms with Crippen LogP contribution >= 0.6 is 0 Å². The van der Waals surface area contributed by atoms with Crippen LogP contribution in [-0.2, 0) is 16.7 Å². The predicted molar refractivity (Wildman–Crippen MR) is 73.5 cm³/mol. The Hall–Kier alpha value is -2.35. The lowest BCUT2D eigenvalue weighted by atomic mass is 10.0. The van der Waals surface area contributed by atoms with Gasteiger partial charge in [-0.25, -0.2) is 4.79 Å². The summed E-state index contributed by atoms with van der Waals surface area (Å²) in [6.45, 7) is 0. The SMILES string of the molecule is CN(C)C(Cc1c(N=[N+]=[N-])cccc1C(=O)O)=S(=O)=O. The van der Waals surface area contributed by atoms with E-state index in [2.05, 4.69) is 10.0 Å². The summed E-state index contributed by atoms with van der Waals surface area (Å²) >= 11 is 0. The molecule has 20 heavy (non-hydrogen) atoms. The van der Waals surface area contributed by atoms with Gasteiger partial charge in [0.15, 0.2) is 0 Å². The van der Waals surface area contributed by atoms with Crippen LogP contribution in [-0.4, -0.2) is 43.5 Å². The van der Waals surface area contributed by atoms with Crippen molar-refractivity contribution in [1.29, 1.82) is 0 Å². The summed E-state index contributed by atoms with van der Waals surface area (Å²) in [5.41, 5.74) is 8.65. The first kappa shape index (κ1) is 15.7. The highest BCUT2D eigenvalue weighted by Crippen LogP contribution is 2.24. The summed E-state index contributed by atoms with van der Waals surface area (Å²) < 4.78 is 22.3. The van der Waals surface area contributed by atoms with E-state index in [0.29, 0.717) is 0 Å². The van der Waals surface area contributed by atoms with E-state index in [0.717, 1.165) is 0 Å². The van der Waals surface area contributed by atoms with E-state index < -0.39 is 16.3 Å². The summed E-state index contributed by atoms with van der Waals surface area (Å²) in [4.78, 5) is 15.2.